The molecule has 0 saturated heterocycles. The normalized spacial score (nSPS) is 15.8. The number of hydrogen-bond acceptors (Lipinski definition) is 3. The van der Waals surface area contributed by atoms with E-state index in [1.807, 2.05) is 36.4 Å². The highest BCUT2D eigenvalue weighted by molar-refractivity contribution is 6.30. The third kappa shape index (κ3) is 6.15. The van der Waals surface area contributed by atoms with Crippen LogP contribution in [0.4, 0.5) is 0 Å². The van der Waals surface area contributed by atoms with Gasteiger partial charge in [-0.2, -0.15) is 0 Å². The van der Waals surface area contributed by atoms with Gasteiger partial charge in [0.2, 0.25) is 0 Å². The van der Waals surface area contributed by atoms with Gasteiger partial charge in [-0.3, -0.25) is 0 Å². The third-order valence-electron chi connectivity index (χ3n) is 5.26. The van der Waals surface area contributed by atoms with Crippen molar-refractivity contribution in [3.63, 3.8) is 0 Å². The Labute approximate surface area is 168 Å². The predicted molar refractivity (Wildman–Crippen MR) is 112 cm³/mol. The largest absolute Gasteiger partial charge is 0.493 e. The fraction of sp³-hybridized carbons (Fsp3) is 0.478. The Hall–Kier alpha value is -1.71. The molecule has 1 N–H and O–H groups in total. The van der Waals surface area contributed by atoms with Crippen molar-refractivity contribution in [2.24, 2.45) is 0 Å². The van der Waals surface area contributed by atoms with E-state index in [2.05, 4.69) is 11.4 Å². The van der Waals surface area contributed by atoms with Gasteiger partial charge in [-0.25, -0.2) is 0 Å². The quantitative estimate of drug-likeness (QED) is 0.619. The fourth-order valence-electron chi connectivity index (χ4n) is 3.68. The van der Waals surface area contributed by atoms with Crippen molar-refractivity contribution < 1.29 is 9.47 Å². The molecule has 0 unspecified atom stereocenters. The molecular formula is C23H30ClNO2. The number of rotatable bonds is 7. The van der Waals surface area contributed by atoms with Crippen molar-refractivity contribution >= 4 is 11.6 Å². The molecule has 146 valence electrons. The lowest BCUT2D eigenvalue weighted by Crippen LogP contribution is -2.29. The Bertz CT molecular complexity index is 694. The summed E-state index contributed by atoms with van der Waals surface area (Å²) in [7, 11) is 1.69. The van der Waals surface area contributed by atoms with Crippen LogP contribution in [-0.4, -0.2) is 13.2 Å². The first-order valence-corrected chi connectivity index (χ1v) is 10.4. The maximum absolute atomic E-state index is 6.16. The Morgan fingerprint density at radius 2 is 1.67 bits per heavy atom. The fourth-order valence-corrected chi connectivity index (χ4v) is 3.80. The second kappa shape index (κ2) is 10.6. The highest BCUT2D eigenvalue weighted by Crippen LogP contribution is 2.32. The molecule has 2 aromatic rings. The van der Waals surface area contributed by atoms with Gasteiger partial charge in [-0.15, -0.1) is 0 Å². The zero-order valence-electron chi connectivity index (χ0n) is 16.2. The molecule has 27 heavy (non-hydrogen) atoms. The van der Waals surface area contributed by atoms with Gasteiger partial charge in [0.05, 0.1) is 7.11 Å². The molecule has 1 saturated carbocycles. The van der Waals surface area contributed by atoms with Crippen molar-refractivity contribution in [3.05, 3.63) is 58.6 Å². The molecule has 0 aromatic heterocycles. The average molecular weight is 388 g/mol. The molecular weight excluding hydrogens is 358 g/mol. The van der Waals surface area contributed by atoms with Gasteiger partial charge in [-0.05, 0) is 36.6 Å². The van der Waals surface area contributed by atoms with Crippen LogP contribution in [0.25, 0.3) is 0 Å². The number of methoxy groups -OCH3 is 1. The maximum atomic E-state index is 6.16. The Morgan fingerprint density at radius 1 is 0.963 bits per heavy atom. The lowest BCUT2D eigenvalue weighted by atomic mass is 9.96. The van der Waals surface area contributed by atoms with E-state index >= 15 is 0 Å². The standard InChI is InChI=1S/C23H30ClNO2/c1-26-22-11-7-8-19(16-25-21-9-5-3-2-4-6-10-21)23(22)27-17-18-12-14-20(24)15-13-18/h7-8,11-15,21,25H,2-6,9-10,16-17H2,1H3. The summed E-state index contributed by atoms with van der Waals surface area (Å²) in [5, 5.41) is 4.49. The molecule has 1 fully saturated rings. The molecule has 1 aliphatic carbocycles. The second-order valence-corrected chi connectivity index (χ2v) is 7.72. The second-order valence-electron chi connectivity index (χ2n) is 7.29. The lowest BCUT2D eigenvalue weighted by molar-refractivity contribution is 0.279. The summed E-state index contributed by atoms with van der Waals surface area (Å²) < 4.78 is 11.7. The molecule has 0 bridgehead atoms. The van der Waals surface area contributed by atoms with Gasteiger partial charge < -0.3 is 14.8 Å². The smallest absolute Gasteiger partial charge is 0.166 e. The zero-order chi connectivity index (χ0) is 18.9. The van der Waals surface area contributed by atoms with Crippen molar-refractivity contribution in [2.45, 2.75) is 64.1 Å². The highest BCUT2D eigenvalue weighted by Gasteiger charge is 2.14. The molecule has 0 atom stereocenters. The van der Waals surface area contributed by atoms with Gasteiger partial charge in [0.15, 0.2) is 11.5 Å². The molecule has 3 rings (SSSR count). The summed E-state index contributed by atoms with van der Waals surface area (Å²) in [5.41, 5.74) is 2.23. The first kappa shape index (κ1) is 20.0. The van der Waals surface area contributed by atoms with Crippen LogP contribution in [0.1, 0.15) is 56.1 Å². The number of benzene rings is 2. The Kier molecular flexibility index (Phi) is 7.85. The molecule has 2 aromatic carbocycles. The average Bonchev–Trinajstić information content (AvgIpc) is 2.67. The third-order valence-corrected chi connectivity index (χ3v) is 5.52. The summed E-state index contributed by atoms with van der Waals surface area (Å²) in [4.78, 5) is 0. The summed E-state index contributed by atoms with van der Waals surface area (Å²) in [5.74, 6) is 1.61. The maximum Gasteiger partial charge on any atom is 0.166 e. The van der Waals surface area contributed by atoms with E-state index in [9.17, 15) is 0 Å². The summed E-state index contributed by atoms with van der Waals surface area (Å²) in [6, 6.07) is 14.5. The molecule has 0 aliphatic heterocycles. The van der Waals surface area contributed by atoms with Crippen LogP contribution in [0.15, 0.2) is 42.5 Å². The van der Waals surface area contributed by atoms with E-state index in [0.29, 0.717) is 12.6 Å². The lowest BCUT2D eigenvalue weighted by Gasteiger charge is -2.22. The molecule has 3 nitrogen and oxygen atoms in total. The Morgan fingerprint density at radius 3 is 2.37 bits per heavy atom. The first-order valence-electron chi connectivity index (χ1n) is 10.0. The van der Waals surface area contributed by atoms with Crippen molar-refractivity contribution in [2.75, 3.05) is 7.11 Å². The highest BCUT2D eigenvalue weighted by atomic mass is 35.5. The minimum absolute atomic E-state index is 0.494. The Balaban J connectivity index is 1.65. The molecule has 0 amide bonds. The number of hydrogen-bond donors (Lipinski definition) is 1. The van der Waals surface area contributed by atoms with Gasteiger partial charge in [0.1, 0.15) is 6.61 Å². The van der Waals surface area contributed by atoms with Gasteiger partial charge in [-0.1, -0.05) is 68.0 Å². The molecule has 1 aliphatic rings. The van der Waals surface area contributed by atoms with Crippen LogP contribution in [-0.2, 0) is 13.2 Å². The van der Waals surface area contributed by atoms with Gasteiger partial charge in [0, 0.05) is 23.2 Å². The van der Waals surface area contributed by atoms with Crippen LogP contribution < -0.4 is 14.8 Å². The van der Waals surface area contributed by atoms with E-state index in [-0.39, 0.29) is 0 Å². The number of nitrogens with one attached hydrogen (secondary N) is 1. The molecule has 0 radical (unpaired) electrons. The summed E-state index contributed by atoms with van der Waals surface area (Å²) >= 11 is 5.97. The zero-order valence-corrected chi connectivity index (χ0v) is 16.9. The minimum Gasteiger partial charge on any atom is -0.493 e. The number of para-hydroxylation sites is 1. The van der Waals surface area contributed by atoms with Gasteiger partial charge >= 0.3 is 0 Å². The summed E-state index contributed by atoms with van der Waals surface area (Å²) in [6.07, 6.45) is 9.33. The molecule has 0 spiro atoms. The monoisotopic (exact) mass is 387 g/mol. The topological polar surface area (TPSA) is 30.5 Å². The SMILES string of the molecule is COc1cccc(CNC2CCCCCCC2)c1OCc1ccc(Cl)cc1. The first-order chi connectivity index (χ1) is 13.3. The van der Waals surface area contributed by atoms with E-state index in [0.717, 1.165) is 34.2 Å². The van der Waals surface area contributed by atoms with E-state index < -0.39 is 0 Å². The van der Waals surface area contributed by atoms with Crippen molar-refractivity contribution in [3.8, 4) is 11.5 Å². The van der Waals surface area contributed by atoms with E-state index in [4.69, 9.17) is 21.1 Å². The van der Waals surface area contributed by atoms with Crippen LogP contribution >= 0.6 is 11.6 Å². The van der Waals surface area contributed by atoms with Gasteiger partial charge in [0.25, 0.3) is 0 Å². The van der Waals surface area contributed by atoms with Crippen LogP contribution in [0.5, 0.6) is 11.5 Å². The van der Waals surface area contributed by atoms with E-state index in [1.165, 1.54) is 44.9 Å². The predicted octanol–water partition coefficient (Wildman–Crippen LogP) is 6.13. The minimum atomic E-state index is 0.494. The van der Waals surface area contributed by atoms with Crippen LogP contribution in [0, 0.1) is 0 Å². The van der Waals surface area contributed by atoms with E-state index in [1.54, 1.807) is 7.11 Å². The molecule has 4 heteroatoms. The molecule has 0 heterocycles. The number of halogens is 1. The summed E-state index contributed by atoms with van der Waals surface area (Å²) in [6.45, 7) is 1.30. The van der Waals surface area contributed by atoms with Crippen LogP contribution in [0.3, 0.4) is 0 Å². The van der Waals surface area contributed by atoms with Crippen LogP contribution in [0.2, 0.25) is 5.02 Å². The number of ether oxygens (including phenoxy) is 2. The van der Waals surface area contributed by atoms with Crippen molar-refractivity contribution in [1.82, 2.24) is 5.32 Å². The van der Waals surface area contributed by atoms with Crippen molar-refractivity contribution in [1.29, 1.82) is 0 Å².